The van der Waals surface area contributed by atoms with E-state index in [4.69, 9.17) is 0 Å². The van der Waals surface area contributed by atoms with Gasteiger partial charge in [0, 0.05) is 5.56 Å². The first-order chi connectivity index (χ1) is 15.5. The van der Waals surface area contributed by atoms with Crippen molar-refractivity contribution in [2.75, 3.05) is 0 Å². The van der Waals surface area contributed by atoms with Gasteiger partial charge in [0.2, 0.25) is 0 Å². The smallest absolute Gasteiger partial charge is 0.166 e. The maximum absolute atomic E-state index is 14.7. The fourth-order valence-electron chi connectivity index (χ4n) is 3.90. The molecule has 0 saturated heterocycles. The van der Waals surface area contributed by atoms with Gasteiger partial charge in [-0.15, -0.1) is 0 Å². The summed E-state index contributed by atoms with van der Waals surface area (Å²) >= 11 is 0. The van der Waals surface area contributed by atoms with Crippen LogP contribution in [0.15, 0.2) is 78.9 Å². The summed E-state index contributed by atoms with van der Waals surface area (Å²) in [4.78, 5) is 0. The Morgan fingerprint density at radius 1 is 0.594 bits per heavy atom. The maximum Gasteiger partial charge on any atom is 0.166 e. The zero-order chi connectivity index (χ0) is 22.7. The number of halogens is 3. The van der Waals surface area contributed by atoms with E-state index in [1.807, 2.05) is 62.4 Å². The van der Waals surface area contributed by atoms with Crippen molar-refractivity contribution in [1.82, 2.24) is 0 Å². The molecule has 3 heteroatoms. The minimum absolute atomic E-state index is 0.194. The van der Waals surface area contributed by atoms with Gasteiger partial charge < -0.3 is 0 Å². The van der Waals surface area contributed by atoms with E-state index in [0.717, 1.165) is 22.3 Å². The molecule has 0 bridgehead atoms. The van der Waals surface area contributed by atoms with Gasteiger partial charge in [-0.25, -0.2) is 13.2 Å². The van der Waals surface area contributed by atoms with E-state index in [9.17, 15) is 13.2 Å². The summed E-state index contributed by atoms with van der Waals surface area (Å²) in [6.07, 6.45) is 1.65. The molecule has 4 aromatic carbocycles. The van der Waals surface area contributed by atoms with Gasteiger partial charge in [0.1, 0.15) is 5.82 Å². The van der Waals surface area contributed by atoms with E-state index < -0.39 is 11.6 Å². The molecule has 4 rings (SSSR count). The molecule has 0 aliphatic heterocycles. The van der Waals surface area contributed by atoms with Crippen LogP contribution in [0.25, 0.3) is 22.3 Å². The van der Waals surface area contributed by atoms with Crippen LogP contribution in [0.5, 0.6) is 0 Å². The molecular formula is C29H25F3. The number of rotatable bonds is 6. The van der Waals surface area contributed by atoms with Gasteiger partial charge in [-0.3, -0.25) is 0 Å². The van der Waals surface area contributed by atoms with E-state index in [1.165, 1.54) is 0 Å². The third-order valence-electron chi connectivity index (χ3n) is 5.93. The van der Waals surface area contributed by atoms with Crippen LogP contribution >= 0.6 is 0 Å². The van der Waals surface area contributed by atoms with Crippen molar-refractivity contribution in [3.63, 3.8) is 0 Å². The molecule has 0 radical (unpaired) electrons. The Morgan fingerprint density at radius 2 is 1.22 bits per heavy atom. The van der Waals surface area contributed by atoms with Crippen LogP contribution in [-0.2, 0) is 19.3 Å². The summed E-state index contributed by atoms with van der Waals surface area (Å²) < 4.78 is 43.5. The first-order valence-corrected chi connectivity index (χ1v) is 10.9. The summed E-state index contributed by atoms with van der Waals surface area (Å²) in [5, 5.41) is 0. The molecule has 0 nitrogen and oxygen atoms in total. The molecule has 32 heavy (non-hydrogen) atoms. The second-order valence-corrected chi connectivity index (χ2v) is 8.12. The van der Waals surface area contributed by atoms with E-state index >= 15 is 0 Å². The minimum Gasteiger partial charge on any atom is -0.207 e. The average molecular weight is 431 g/mol. The normalized spacial score (nSPS) is 11.0. The fourth-order valence-corrected chi connectivity index (χ4v) is 3.90. The fraction of sp³-hybridized carbons (Fsp3) is 0.172. The van der Waals surface area contributed by atoms with E-state index in [-0.39, 0.29) is 11.4 Å². The zero-order valence-electron chi connectivity index (χ0n) is 18.3. The van der Waals surface area contributed by atoms with Crippen LogP contribution in [-0.4, -0.2) is 0 Å². The highest BCUT2D eigenvalue weighted by Gasteiger charge is 2.15. The number of aryl methyl sites for hydroxylation is 4. The lowest BCUT2D eigenvalue weighted by Gasteiger charge is -2.10. The molecule has 162 valence electrons. The van der Waals surface area contributed by atoms with Crippen LogP contribution in [0.3, 0.4) is 0 Å². The highest BCUT2D eigenvalue weighted by molar-refractivity contribution is 5.65. The number of hydrogen-bond acceptors (Lipinski definition) is 0. The van der Waals surface area contributed by atoms with Crippen molar-refractivity contribution < 1.29 is 13.2 Å². The molecule has 0 N–H and O–H groups in total. The van der Waals surface area contributed by atoms with Crippen molar-refractivity contribution in [3.8, 4) is 22.3 Å². The van der Waals surface area contributed by atoms with E-state index in [2.05, 4.69) is 0 Å². The van der Waals surface area contributed by atoms with Gasteiger partial charge in [-0.05, 0) is 65.6 Å². The van der Waals surface area contributed by atoms with Gasteiger partial charge in [0.15, 0.2) is 11.6 Å². The Hall–Kier alpha value is -3.33. The quantitative estimate of drug-likeness (QED) is 0.290. The van der Waals surface area contributed by atoms with Crippen LogP contribution in [0.1, 0.15) is 29.2 Å². The Balaban J connectivity index is 1.47. The molecule has 0 spiro atoms. The number of benzene rings is 4. The van der Waals surface area contributed by atoms with Gasteiger partial charge in [-0.1, -0.05) is 85.3 Å². The van der Waals surface area contributed by atoms with Gasteiger partial charge in [0.05, 0.1) is 0 Å². The lowest BCUT2D eigenvalue weighted by Crippen LogP contribution is -2.00. The summed E-state index contributed by atoms with van der Waals surface area (Å²) in [6, 6.07) is 23.8. The van der Waals surface area contributed by atoms with Gasteiger partial charge in [-0.2, -0.15) is 0 Å². The first-order valence-electron chi connectivity index (χ1n) is 10.9. The maximum atomic E-state index is 14.7. The van der Waals surface area contributed by atoms with E-state index in [0.29, 0.717) is 36.0 Å². The zero-order valence-corrected chi connectivity index (χ0v) is 18.3. The first kappa shape index (κ1) is 21.9. The molecule has 4 aromatic rings. The topological polar surface area (TPSA) is 0 Å². The number of hydrogen-bond donors (Lipinski definition) is 0. The van der Waals surface area contributed by atoms with Crippen molar-refractivity contribution in [2.45, 2.75) is 33.1 Å². The second-order valence-electron chi connectivity index (χ2n) is 8.12. The van der Waals surface area contributed by atoms with Crippen LogP contribution in [0, 0.1) is 24.4 Å². The van der Waals surface area contributed by atoms with Gasteiger partial charge >= 0.3 is 0 Å². The van der Waals surface area contributed by atoms with Crippen molar-refractivity contribution in [1.29, 1.82) is 0 Å². The molecule has 0 fully saturated rings. The summed E-state index contributed by atoms with van der Waals surface area (Å²) in [5.41, 5.74) is 5.84. The van der Waals surface area contributed by atoms with Crippen LogP contribution in [0.4, 0.5) is 13.2 Å². The van der Waals surface area contributed by atoms with Crippen LogP contribution < -0.4 is 0 Å². The monoisotopic (exact) mass is 430 g/mol. The lowest BCUT2D eigenvalue weighted by atomic mass is 9.97. The Morgan fingerprint density at radius 3 is 1.88 bits per heavy atom. The predicted octanol–water partition coefficient (Wildman–Crippen LogP) is 8.09. The molecule has 0 amide bonds. The standard InChI is InChI=1S/C29H25F3/c1-3-21-14-15-25(18-27(21)30)22-11-6-20(7-12-22)8-13-24-16-17-26(29(32)28(24)31)23-9-4-19(2)5-10-23/h4-7,9-12,14-18H,3,8,13H2,1-2H3. The highest BCUT2D eigenvalue weighted by atomic mass is 19.2. The summed E-state index contributed by atoms with van der Waals surface area (Å²) in [5.74, 6) is -1.79. The van der Waals surface area contributed by atoms with E-state index in [1.54, 1.807) is 30.3 Å². The van der Waals surface area contributed by atoms with Crippen molar-refractivity contribution in [3.05, 3.63) is 119 Å². The largest absolute Gasteiger partial charge is 0.207 e. The second kappa shape index (κ2) is 9.44. The molecule has 0 heterocycles. The van der Waals surface area contributed by atoms with Gasteiger partial charge in [0.25, 0.3) is 0 Å². The molecule has 0 saturated carbocycles. The average Bonchev–Trinajstić information content (AvgIpc) is 2.81. The van der Waals surface area contributed by atoms with Crippen molar-refractivity contribution in [2.24, 2.45) is 0 Å². The Labute approximate surface area is 187 Å². The minimum atomic E-state index is -0.806. The molecular weight excluding hydrogens is 405 g/mol. The molecule has 0 aliphatic carbocycles. The Kier molecular flexibility index (Phi) is 6.45. The Bertz CT molecular complexity index is 1220. The third-order valence-corrected chi connectivity index (χ3v) is 5.93. The highest BCUT2D eigenvalue weighted by Crippen LogP contribution is 2.28. The molecule has 0 aliphatic rings. The summed E-state index contributed by atoms with van der Waals surface area (Å²) in [7, 11) is 0. The SMILES string of the molecule is CCc1ccc(-c2ccc(CCc3ccc(-c4ccc(C)cc4)c(F)c3F)cc2)cc1F. The summed E-state index contributed by atoms with van der Waals surface area (Å²) in [6.45, 7) is 3.88. The predicted molar refractivity (Wildman–Crippen MR) is 125 cm³/mol. The molecule has 0 aromatic heterocycles. The molecule has 0 atom stereocenters. The lowest BCUT2D eigenvalue weighted by molar-refractivity contribution is 0.501. The molecule has 0 unspecified atom stereocenters. The van der Waals surface area contributed by atoms with Crippen molar-refractivity contribution >= 4 is 0 Å². The third kappa shape index (κ3) is 4.62. The van der Waals surface area contributed by atoms with Crippen LogP contribution in [0.2, 0.25) is 0 Å².